The highest BCUT2D eigenvalue weighted by Gasteiger charge is 2.24. The maximum absolute atomic E-state index is 12.2. The Labute approximate surface area is 165 Å². The molecule has 0 bridgehead atoms. The molecule has 0 aromatic carbocycles. The smallest absolute Gasteiger partial charge is 0.322 e. The van der Waals surface area contributed by atoms with Crippen molar-refractivity contribution >= 4 is 35.5 Å². The average Bonchev–Trinajstić information content (AvgIpc) is 2.65. The number of carbonyl (C=O) groups is 6. The second kappa shape index (κ2) is 13.0. The molecule has 0 aromatic heterocycles. The second-order valence-corrected chi connectivity index (χ2v) is 5.97. The Balaban J connectivity index is 4.68. The molecule has 0 unspecified atom stereocenters. The van der Waals surface area contributed by atoms with Crippen molar-refractivity contribution in [2.75, 3.05) is 19.7 Å². The van der Waals surface area contributed by atoms with E-state index in [0.29, 0.717) is 0 Å². The van der Waals surface area contributed by atoms with Crippen LogP contribution in [-0.2, 0) is 28.8 Å². The van der Waals surface area contributed by atoms with Gasteiger partial charge >= 0.3 is 5.97 Å². The molecule has 164 valence electrons. The highest BCUT2D eigenvalue weighted by atomic mass is 16.4. The van der Waals surface area contributed by atoms with Crippen LogP contribution in [0.15, 0.2) is 0 Å². The normalized spacial score (nSPS) is 13.3. The quantitative estimate of drug-likeness (QED) is 0.142. The van der Waals surface area contributed by atoms with Crippen molar-refractivity contribution in [3.8, 4) is 0 Å². The first-order valence-electron chi connectivity index (χ1n) is 8.49. The summed E-state index contributed by atoms with van der Waals surface area (Å²) >= 11 is 0. The highest BCUT2D eigenvalue weighted by molar-refractivity contribution is 5.93. The molecule has 29 heavy (non-hydrogen) atoms. The Morgan fingerprint density at radius 2 is 1.52 bits per heavy atom. The minimum Gasteiger partial charge on any atom is -0.480 e. The maximum atomic E-state index is 12.2. The van der Waals surface area contributed by atoms with Crippen LogP contribution in [0.25, 0.3) is 0 Å². The Bertz CT molecular complexity index is 640. The molecule has 3 atom stereocenters. The lowest BCUT2D eigenvalue weighted by Crippen LogP contribution is -2.54. The number of aliphatic hydroxyl groups excluding tert-OH is 1. The lowest BCUT2D eigenvalue weighted by molar-refractivity contribution is -0.138. The number of nitrogens with one attached hydrogen (secondary N) is 4. The van der Waals surface area contributed by atoms with E-state index in [4.69, 9.17) is 21.7 Å². The first kappa shape index (κ1) is 25.7. The van der Waals surface area contributed by atoms with Crippen molar-refractivity contribution < 1.29 is 39.0 Å². The number of rotatable bonds is 13. The van der Waals surface area contributed by atoms with Gasteiger partial charge in [-0.05, 0) is 13.3 Å². The predicted octanol–water partition coefficient (Wildman–Crippen LogP) is -5.12. The molecule has 0 saturated carbocycles. The van der Waals surface area contributed by atoms with Gasteiger partial charge in [0, 0.05) is 6.42 Å². The number of carbonyl (C=O) groups excluding carboxylic acids is 5. The summed E-state index contributed by atoms with van der Waals surface area (Å²) in [7, 11) is 0. The molecule has 10 N–H and O–H groups in total. The molecular weight excluding hydrogens is 392 g/mol. The molecule has 0 aliphatic rings. The predicted molar refractivity (Wildman–Crippen MR) is 96.7 cm³/mol. The zero-order chi connectivity index (χ0) is 22.6. The summed E-state index contributed by atoms with van der Waals surface area (Å²) in [6.07, 6.45) is -0.402. The second-order valence-electron chi connectivity index (χ2n) is 5.97. The summed E-state index contributed by atoms with van der Waals surface area (Å²) in [5, 5.41) is 26.1. The molecule has 0 aliphatic carbocycles. The number of aliphatic carboxylic acids is 1. The van der Waals surface area contributed by atoms with Crippen LogP contribution in [0.1, 0.15) is 19.8 Å². The Morgan fingerprint density at radius 1 is 0.931 bits per heavy atom. The van der Waals surface area contributed by atoms with Crippen LogP contribution in [0.3, 0.4) is 0 Å². The van der Waals surface area contributed by atoms with Crippen LogP contribution in [-0.4, -0.2) is 83.5 Å². The van der Waals surface area contributed by atoms with E-state index < -0.39 is 73.3 Å². The van der Waals surface area contributed by atoms with Crippen LogP contribution in [0.2, 0.25) is 0 Å². The van der Waals surface area contributed by atoms with Crippen molar-refractivity contribution in [3.05, 3.63) is 0 Å². The summed E-state index contributed by atoms with van der Waals surface area (Å²) in [5.74, 6) is -5.13. The van der Waals surface area contributed by atoms with Gasteiger partial charge in [-0.1, -0.05) is 0 Å². The van der Waals surface area contributed by atoms with E-state index in [1.807, 2.05) is 0 Å². The third-order valence-electron chi connectivity index (χ3n) is 3.45. The first-order chi connectivity index (χ1) is 13.5. The lowest BCUT2D eigenvalue weighted by atomic mass is 10.1. The molecule has 14 heteroatoms. The lowest BCUT2D eigenvalue weighted by Gasteiger charge is -2.20. The van der Waals surface area contributed by atoms with Crippen LogP contribution < -0.4 is 32.7 Å². The molecule has 0 aliphatic heterocycles. The van der Waals surface area contributed by atoms with Gasteiger partial charge in [-0.15, -0.1) is 0 Å². The molecule has 0 heterocycles. The maximum Gasteiger partial charge on any atom is 0.322 e. The number of hydrogen-bond donors (Lipinski definition) is 8. The average molecular weight is 418 g/mol. The van der Waals surface area contributed by atoms with E-state index >= 15 is 0 Å². The van der Waals surface area contributed by atoms with Crippen molar-refractivity contribution in [2.24, 2.45) is 11.5 Å². The van der Waals surface area contributed by atoms with Crippen molar-refractivity contribution in [1.82, 2.24) is 21.3 Å². The number of carboxylic acid groups (broad SMARTS) is 1. The molecule has 0 saturated heterocycles. The SMILES string of the molecule is C[C@H](NC(=O)CNC(=O)[C@H](CCC(N)=O)NC(=O)[C@@H](N)CO)C(=O)NCC(=O)O. The third kappa shape index (κ3) is 11.2. The molecule has 0 fully saturated rings. The van der Waals surface area contributed by atoms with Gasteiger partial charge in [-0.3, -0.25) is 28.8 Å². The summed E-state index contributed by atoms with van der Waals surface area (Å²) < 4.78 is 0. The van der Waals surface area contributed by atoms with Crippen molar-refractivity contribution in [3.63, 3.8) is 0 Å². The fourth-order valence-corrected chi connectivity index (χ4v) is 1.88. The summed E-state index contributed by atoms with van der Waals surface area (Å²) in [6.45, 7) is -0.541. The monoisotopic (exact) mass is 418 g/mol. The number of aliphatic hydroxyl groups is 1. The number of hydrogen-bond acceptors (Lipinski definition) is 8. The van der Waals surface area contributed by atoms with Gasteiger partial charge in [0.15, 0.2) is 0 Å². The van der Waals surface area contributed by atoms with E-state index in [2.05, 4.69) is 21.3 Å². The Kier molecular flexibility index (Phi) is 11.5. The molecule has 0 spiro atoms. The standard InChI is InChI=1S/C15H26N6O8/c1-7(13(27)19-5-12(25)26)20-11(24)4-18-15(29)9(2-3-10(17)23)21-14(28)8(16)6-22/h7-9,22H,2-6,16H2,1H3,(H2,17,23)(H,18,29)(H,19,27)(H,20,24)(H,21,28)(H,25,26)/t7-,8-,9-/m0/s1. The fourth-order valence-electron chi connectivity index (χ4n) is 1.88. The van der Waals surface area contributed by atoms with Crippen molar-refractivity contribution in [1.29, 1.82) is 0 Å². The van der Waals surface area contributed by atoms with E-state index in [-0.39, 0.29) is 12.8 Å². The van der Waals surface area contributed by atoms with Crippen LogP contribution in [0, 0.1) is 0 Å². The van der Waals surface area contributed by atoms with E-state index in [1.54, 1.807) is 0 Å². The molecule has 0 aromatic rings. The van der Waals surface area contributed by atoms with E-state index in [1.165, 1.54) is 6.92 Å². The summed E-state index contributed by atoms with van der Waals surface area (Å²) in [4.78, 5) is 68.7. The first-order valence-corrected chi connectivity index (χ1v) is 8.49. The van der Waals surface area contributed by atoms with E-state index in [0.717, 1.165) is 0 Å². The van der Waals surface area contributed by atoms with Gasteiger partial charge in [0.2, 0.25) is 29.5 Å². The number of primary amides is 1. The fraction of sp³-hybridized carbons (Fsp3) is 0.600. The van der Waals surface area contributed by atoms with Crippen LogP contribution in [0.4, 0.5) is 0 Å². The van der Waals surface area contributed by atoms with Gasteiger partial charge in [-0.2, -0.15) is 0 Å². The minimum atomic E-state index is -1.28. The molecular formula is C15H26N6O8. The topological polar surface area (TPSA) is 243 Å². The molecule has 0 radical (unpaired) electrons. The number of nitrogens with two attached hydrogens (primary N) is 2. The molecule has 0 rings (SSSR count). The highest BCUT2D eigenvalue weighted by Crippen LogP contribution is 1.98. The third-order valence-corrected chi connectivity index (χ3v) is 3.45. The van der Waals surface area contributed by atoms with Gasteiger partial charge in [0.25, 0.3) is 0 Å². The zero-order valence-electron chi connectivity index (χ0n) is 15.8. The number of amides is 5. The Hall–Kier alpha value is -3.26. The largest absolute Gasteiger partial charge is 0.480 e. The summed E-state index contributed by atoms with van der Waals surface area (Å²) in [6, 6.07) is -3.59. The van der Waals surface area contributed by atoms with Crippen LogP contribution in [0.5, 0.6) is 0 Å². The molecule has 14 nitrogen and oxygen atoms in total. The Morgan fingerprint density at radius 3 is 2.03 bits per heavy atom. The summed E-state index contributed by atoms with van der Waals surface area (Å²) in [5.41, 5.74) is 10.4. The van der Waals surface area contributed by atoms with Gasteiger partial charge in [-0.25, -0.2) is 0 Å². The van der Waals surface area contributed by atoms with E-state index in [9.17, 15) is 28.8 Å². The zero-order valence-corrected chi connectivity index (χ0v) is 15.8. The van der Waals surface area contributed by atoms with Crippen LogP contribution >= 0.6 is 0 Å². The van der Waals surface area contributed by atoms with Gasteiger partial charge < -0.3 is 42.9 Å². The minimum absolute atomic E-state index is 0.166. The number of carboxylic acids is 1. The molecule has 5 amide bonds. The van der Waals surface area contributed by atoms with Gasteiger partial charge in [0.05, 0.1) is 13.2 Å². The van der Waals surface area contributed by atoms with Crippen molar-refractivity contribution in [2.45, 2.75) is 37.9 Å². The van der Waals surface area contributed by atoms with Gasteiger partial charge in [0.1, 0.15) is 24.7 Å².